The van der Waals surface area contributed by atoms with Crippen molar-refractivity contribution >= 4 is 66.3 Å². The van der Waals surface area contributed by atoms with Crippen LogP contribution < -0.4 is 16.4 Å². The van der Waals surface area contributed by atoms with E-state index in [2.05, 4.69) is 249 Å². The Kier molecular flexibility index (Phi) is 12.2. The van der Waals surface area contributed by atoms with E-state index in [-0.39, 0.29) is 50.5 Å². The maximum absolute atomic E-state index is 2.77. The van der Waals surface area contributed by atoms with Gasteiger partial charge in [-0.05, 0) is 210 Å². The Morgan fingerprint density at radius 2 is 1.24 bits per heavy atom. The summed E-state index contributed by atoms with van der Waals surface area (Å²) in [6.45, 7) is 37.3. The molecule has 4 aliphatic carbocycles. The van der Waals surface area contributed by atoms with E-state index in [9.17, 15) is 0 Å². The molecular weight excluding hydrogens is 1040 g/mol. The lowest BCUT2D eigenvalue weighted by Crippen LogP contribution is -2.59. The number of fused-ring (bicyclic) bond motifs is 13. The van der Waals surface area contributed by atoms with Gasteiger partial charge in [-0.25, -0.2) is 0 Å². The van der Waals surface area contributed by atoms with E-state index in [1.165, 1.54) is 147 Å². The van der Waals surface area contributed by atoms with E-state index in [4.69, 9.17) is 0 Å². The number of thiophene rings is 1. The van der Waals surface area contributed by atoms with Gasteiger partial charge in [0.1, 0.15) is 0 Å². The van der Waals surface area contributed by atoms with Gasteiger partial charge in [0.05, 0.1) is 0 Å². The molecule has 85 heavy (non-hydrogen) atoms. The number of hydrogen-bond acceptors (Lipinski definition) is 1. The lowest BCUT2D eigenvalue weighted by Gasteiger charge is -2.49. The summed E-state index contributed by atoms with van der Waals surface area (Å²) in [7, 11) is 0. The van der Waals surface area contributed by atoms with Crippen LogP contribution in [0.5, 0.6) is 0 Å². The molecule has 430 valence electrons. The van der Waals surface area contributed by atoms with Gasteiger partial charge in [0, 0.05) is 36.9 Å². The van der Waals surface area contributed by atoms with Gasteiger partial charge in [0.15, 0.2) is 0 Å². The highest BCUT2D eigenvalue weighted by molar-refractivity contribution is 7.25. The van der Waals surface area contributed by atoms with Crippen molar-refractivity contribution in [3.63, 3.8) is 0 Å². The highest BCUT2D eigenvalue weighted by Gasteiger charge is 2.58. The molecule has 9 aromatic rings. The minimum atomic E-state index is -0.177. The molecule has 4 atom stereocenters. The number of rotatable bonds is 7. The Bertz CT molecular complexity index is 4350. The molecule has 0 N–H and O–H groups in total. The smallest absolute Gasteiger partial charge is 0.135 e. The van der Waals surface area contributed by atoms with Crippen molar-refractivity contribution in [2.75, 3.05) is 0 Å². The van der Waals surface area contributed by atoms with Crippen LogP contribution >= 0.6 is 11.3 Å². The van der Waals surface area contributed by atoms with E-state index in [0.29, 0.717) is 5.92 Å². The Labute approximate surface area is 514 Å². The molecule has 3 heterocycles. The van der Waals surface area contributed by atoms with E-state index in [1.54, 1.807) is 27.8 Å². The Morgan fingerprint density at radius 1 is 0.541 bits per heavy atom. The molecule has 8 aromatic carbocycles. The van der Waals surface area contributed by atoms with Crippen molar-refractivity contribution in [2.45, 2.75) is 206 Å². The topological polar surface area (TPSA) is 0 Å². The SMILES string of the molecule is Cc1cc2c3c(c1)C(CCc1cc4c(cc1C)C(C)(C)CC4(C)C)c1cc4c(cc1B3c1ccc(CCC3c5ccc(C(C)(C)C)cc5C5(C)CCCCC35C)cc1C(c1ccc3c(c1)sc1ccccc13)=C2)C(C)(C)c1ccccc1C4(C)C. The van der Waals surface area contributed by atoms with Gasteiger partial charge >= 0.3 is 0 Å². The normalized spacial score (nSPS) is 23.2. The summed E-state index contributed by atoms with van der Waals surface area (Å²) in [6, 6.07) is 57.4. The van der Waals surface area contributed by atoms with Crippen molar-refractivity contribution < 1.29 is 0 Å². The highest BCUT2D eigenvalue weighted by Crippen LogP contribution is 2.66. The van der Waals surface area contributed by atoms with Crippen LogP contribution in [0.15, 0.2) is 140 Å². The molecule has 0 spiro atoms. The zero-order chi connectivity index (χ0) is 59.3. The van der Waals surface area contributed by atoms with Crippen LogP contribution in [0.4, 0.5) is 0 Å². The first-order valence-corrected chi connectivity index (χ1v) is 33.6. The van der Waals surface area contributed by atoms with Crippen LogP contribution in [-0.2, 0) is 45.3 Å². The van der Waals surface area contributed by atoms with Gasteiger partial charge in [-0.3, -0.25) is 0 Å². The quantitative estimate of drug-likeness (QED) is 0.140. The summed E-state index contributed by atoms with van der Waals surface area (Å²) in [6.07, 6.45) is 13.4. The maximum Gasteiger partial charge on any atom is 0.243 e. The zero-order valence-electron chi connectivity index (χ0n) is 53.9. The van der Waals surface area contributed by atoms with Crippen LogP contribution in [-0.4, -0.2) is 6.71 Å². The fourth-order valence-electron chi connectivity index (χ4n) is 19.4. The van der Waals surface area contributed by atoms with Gasteiger partial charge < -0.3 is 0 Å². The minimum Gasteiger partial charge on any atom is -0.135 e. The molecular formula is C83H89BS. The molecule has 15 rings (SSSR count). The van der Waals surface area contributed by atoms with E-state index < -0.39 is 0 Å². The third kappa shape index (κ3) is 8.10. The summed E-state index contributed by atoms with van der Waals surface area (Å²) in [5.41, 5.74) is 33.2. The average molecular weight is 1130 g/mol. The van der Waals surface area contributed by atoms with Crippen molar-refractivity contribution in [2.24, 2.45) is 5.41 Å². The maximum atomic E-state index is 2.77. The summed E-state index contributed by atoms with van der Waals surface area (Å²) < 4.78 is 2.72. The van der Waals surface area contributed by atoms with E-state index in [1.807, 2.05) is 11.3 Å². The highest BCUT2D eigenvalue weighted by atomic mass is 32.1. The zero-order valence-corrected chi connectivity index (χ0v) is 54.7. The second-order valence-electron chi connectivity index (χ2n) is 31.9. The Morgan fingerprint density at radius 3 is 1.99 bits per heavy atom. The number of hydrogen-bond donors (Lipinski definition) is 0. The minimum absolute atomic E-state index is 0.0643. The van der Waals surface area contributed by atoms with Crippen LogP contribution in [0.1, 0.15) is 247 Å². The molecule has 4 unspecified atom stereocenters. The molecule has 0 amide bonds. The third-order valence-corrected chi connectivity index (χ3v) is 25.2. The van der Waals surface area contributed by atoms with Gasteiger partial charge in [0.2, 0.25) is 6.71 Å². The van der Waals surface area contributed by atoms with Crippen LogP contribution in [0.2, 0.25) is 0 Å². The fraction of sp³-hybridized carbons (Fsp3) is 0.398. The second kappa shape index (κ2) is 18.7. The fourth-order valence-corrected chi connectivity index (χ4v) is 20.6. The summed E-state index contributed by atoms with van der Waals surface area (Å²) in [5, 5.41) is 2.72. The molecule has 0 bridgehead atoms. The van der Waals surface area contributed by atoms with Gasteiger partial charge in [-0.15, -0.1) is 11.3 Å². The van der Waals surface area contributed by atoms with E-state index in [0.717, 1.165) is 25.7 Å². The average Bonchev–Trinajstić information content (AvgIpc) is 1.85. The largest absolute Gasteiger partial charge is 0.243 e. The van der Waals surface area contributed by atoms with Gasteiger partial charge in [-0.1, -0.05) is 252 Å². The predicted octanol–water partition coefficient (Wildman–Crippen LogP) is 20.0. The lowest BCUT2D eigenvalue weighted by atomic mass is 9.31. The first-order chi connectivity index (χ1) is 40.3. The molecule has 1 saturated carbocycles. The first kappa shape index (κ1) is 55.4. The second-order valence-corrected chi connectivity index (χ2v) is 32.9. The van der Waals surface area contributed by atoms with Gasteiger partial charge in [0.25, 0.3) is 0 Å². The molecule has 0 nitrogen and oxygen atoms in total. The van der Waals surface area contributed by atoms with Crippen molar-refractivity contribution in [1.82, 2.24) is 0 Å². The molecule has 1 aromatic heterocycles. The molecule has 2 heteroatoms. The van der Waals surface area contributed by atoms with Crippen LogP contribution in [0.3, 0.4) is 0 Å². The van der Waals surface area contributed by atoms with Gasteiger partial charge in [-0.2, -0.15) is 0 Å². The predicted molar refractivity (Wildman–Crippen MR) is 368 cm³/mol. The molecule has 2 aliphatic heterocycles. The monoisotopic (exact) mass is 1130 g/mol. The Balaban J connectivity index is 0.931. The standard InChI is InChI=1S/C83H89BS/c1-49-38-54-42-60(53-29-32-58-57-22-16-19-25-74(57)85-75(58)44-53)61-41-51(26-34-64-59-33-30-55(77(3,4)5)45-67(59)83(15)37-21-20-36-82(64,83)14)27-35-72(61)84-73-47-71-70(80(10,11)65-23-17-18-24-66(65)81(71,12)13)46-62(73)56(63(39-49)76(54)84)31-28-52-43-69-68(40-50(52)2)78(6,7)48-79(69,8)9/h16-19,22-25,27,29-30,32-33,35,38-47,56,64H,20-21,26,28,31,34,36-37,48H2,1-15H3. The summed E-state index contributed by atoms with van der Waals surface area (Å²) in [5.74, 6) is 0.748. The van der Waals surface area contributed by atoms with Crippen LogP contribution in [0.25, 0.3) is 31.8 Å². The Hall–Kier alpha value is -6.22. The molecule has 6 aliphatic rings. The van der Waals surface area contributed by atoms with Crippen LogP contribution in [0, 0.1) is 19.3 Å². The third-order valence-electron chi connectivity index (χ3n) is 24.1. The van der Waals surface area contributed by atoms with E-state index >= 15 is 0 Å². The lowest BCUT2D eigenvalue weighted by molar-refractivity contribution is 0.0763. The molecule has 0 radical (unpaired) electrons. The van der Waals surface area contributed by atoms with Crippen molar-refractivity contribution in [3.8, 4) is 0 Å². The summed E-state index contributed by atoms with van der Waals surface area (Å²) >= 11 is 1.94. The molecule has 0 saturated heterocycles. The summed E-state index contributed by atoms with van der Waals surface area (Å²) in [4.78, 5) is 0. The van der Waals surface area contributed by atoms with Crippen molar-refractivity contribution in [1.29, 1.82) is 0 Å². The van der Waals surface area contributed by atoms with Crippen molar-refractivity contribution in [3.05, 3.63) is 240 Å². The number of aryl methyl sites for hydroxylation is 4. The first-order valence-electron chi connectivity index (χ1n) is 32.8. The number of benzene rings is 8. The molecule has 1 fully saturated rings.